The third-order valence-corrected chi connectivity index (χ3v) is 5.18. The van der Waals surface area contributed by atoms with Crippen LogP contribution < -0.4 is 4.74 Å². The molecule has 1 unspecified atom stereocenters. The zero-order chi connectivity index (χ0) is 20.1. The maximum absolute atomic E-state index is 10.9. The summed E-state index contributed by atoms with van der Waals surface area (Å²) >= 11 is 6.13. The summed E-state index contributed by atoms with van der Waals surface area (Å²) in [6, 6.07) is 11.8. The standard InChI is InChI=1S/C21H24ClNO5/c22-17-5-6-19(28-13-14-1-3-15(4-2-14)21(26)27)16(11-17)12-20(25)23-9-7-18(24)8-10-23/h1-6,11,18,20,24-25H,7-10,12-13H2,(H,26,27). The molecule has 0 saturated carbocycles. The Hall–Kier alpha value is -2.12. The number of ether oxygens (including phenoxy) is 1. The van der Waals surface area contributed by atoms with E-state index in [1.165, 1.54) is 0 Å². The molecule has 0 spiro atoms. The largest absolute Gasteiger partial charge is 0.489 e. The van der Waals surface area contributed by atoms with Gasteiger partial charge in [-0.3, -0.25) is 4.90 Å². The average molecular weight is 406 g/mol. The maximum Gasteiger partial charge on any atom is 0.335 e. The van der Waals surface area contributed by atoms with Crippen molar-refractivity contribution in [2.75, 3.05) is 13.1 Å². The molecular formula is C21H24ClNO5. The van der Waals surface area contributed by atoms with Crippen LogP contribution in [0.2, 0.25) is 5.02 Å². The fraction of sp³-hybridized carbons (Fsp3) is 0.381. The summed E-state index contributed by atoms with van der Waals surface area (Å²) in [5, 5.41) is 29.7. The van der Waals surface area contributed by atoms with Crippen molar-refractivity contribution in [1.82, 2.24) is 4.90 Å². The topological polar surface area (TPSA) is 90.2 Å². The number of nitrogens with zero attached hydrogens (tertiary/aromatic N) is 1. The molecule has 3 rings (SSSR count). The molecule has 0 bridgehead atoms. The van der Waals surface area contributed by atoms with Gasteiger partial charge in [-0.1, -0.05) is 23.7 Å². The van der Waals surface area contributed by atoms with Gasteiger partial charge in [-0.15, -0.1) is 0 Å². The molecule has 7 heteroatoms. The van der Waals surface area contributed by atoms with Gasteiger partial charge in [-0.2, -0.15) is 0 Å². The van der Waals surface area contributed by atoms with E-state index in [-0.39, 0.29) is 18.3 Å². The lowest BCUT2D eigenvalue weighted by Gasteiger charge is -2.33. The van der Waals surface area contributed by atoms with E-state index in [2.05, 4.69) is 0 Å². The highest BCUT2D eigenvalue weighted by Gasteiger charge is 2.23. The Kier molecular flexibility index (Phi) is 6.91. The molecule has 0 aromatic heterocycles. The van der Waals surface area contributed by atoms with Gasteiger partial charge in [-0.25, -0.2) is 4.79 Å². The molecule has 1 aliphatic rings. The minimum absolute atomic E-state index is 0.228. The smallest absolute Gasteiger partial charge is 0.335 e. The molecule has 0 amide bonds. The van der Waals surface area contributed by atoms with Gasteiger partial charge in [0.1, 0.15) is 18.6 Å². The van der Waals surface area contributed by atoms with Gasteiger partial charge < -0.3 is 20.1 Å². The molecule has 1 fully saturated rings. The van der Waals surface area contributed by atoms with Crippen LogP contribution in [0.5, 0.6) is 5.75 Å². The first kappa shape index (κ1) is 20.6. The molecule has 6 nitrogen and oxygen atoms in total. The Morgan fingerprint density at radius 1 is 1.18 bits per heavy atom. The predicted octanol–water partition coefficient (Wildman–Crippen LogP) is 2.93. The Bertz CT molecular complexity index is 803. The third-order valence-electron chi connectivity index (χ3n) is 4.94. The number of aliphatic hydroxyl groups is 2. The van der Waals surface area contributed by atoms with Crippen LogP contribution in [0.3, 0.4) is 0 Å². The Morgan fingerprint density at radius 2 is 1.86 bits per heavy atom. The quantitative estimate of drug-likeness (QED) is 0.656. The van der Waals surface area contributed by atoms with Gasteiger partial charge in [0.25, 0.3) is 0 Å². The van der Waals surface area contributed by atoms with E-state index < -0.39 is 12.2 Å². The second-order valence-electron chi connectivity index (χ2n) is 6.99. The van der Waals surface area contributed by atoms with Gasteiger partial charge in [0, 0.05) is 24.5 Å². The summed E-state index contributed by atoms with van der Waals surface area (Å²) < 4.78 is 5.91. The van der Waals surface area contributed by atoms with Gasteiger partial charge in [0.2, 0.25) is 0 Å². The van der Waals surface area contributed by atoms with Crippen molar-refractivity contribution in [3.63, 3.8) is 0 Å². The first-order valence-corrected chi connectivity index (χ1v) is 9.64. The number of hydrogen-bond donors (Lipinski definition) is 3. The van der Waals surface area contributed by atoms with Crippen LogP contribution >= 0.6 is 11.6 Å². The van der Waals surface area contributed by atoms with Crippen molar-refractivity contribution in [2.45, 2.75) is 38.2 Å². The number of carboxylic acids is 1. The van der Waals surface area contributed by atoms with Crippen molar-refractivity contribution in [3.05, 3.63) is 64.2 Å². The summed E-state index contributed by atoms with van der Waals surface area (Å²) in [7, 11) is 0. The van der Waals surface area contributed by atoms with E-state index >= 15 is 0 Å². The fourth-order valence-electron chi connectivity index (χ4n) is 3.26. The lowest BCUT2D eigenvalue weighted by molar-refractivity contribution is -0.0319. The summed E-state index contributed by atoms with van der Waals surface area (Å²) in [5.74, 6) is -0.338. The minimum Gasteiger partial charge on any atom is -0.489 e. The number of hydrogen-bond acceptors (Lipinski definition) is 5. The summed E-state index contributed by atoms with van der Waals surface area (Å²) in [6.45, 7) is 1.57. The van der Waals surface area contributed by atoms with Crippen LogP contribution in [0, 0.1) is 0 Å². The zero-order valence-electron chi connectivity index (χ0n) is 15.4. The number of aliphatic hydroxyl groups excluding tert-OH is 2. The van der Waals surface area contributed by atoms with Crippen molar-refractivity contribution < 1.29 is 24.9 Å². The van der Waals surface area contributed by atoms with Gasteiger partial charge >= 0.3 is 5.97 Å². The van der Waals surface area contributed by atoms with Crippen molar-refractivity contribution in [3.8, 4) is 5.75 Å². The van der Waals surface area contributed by atoms with E-state index in [4.69, 9.17) is 21.4 Å². The van der Waals surface area contributed by atoms with Gasteiger partial charge in [0.15, 0.2) is 0 Å². The third kappa shape index (κ3) is 5.45. The first-order chi connectivity index (χ1) is 13.4. The molecule has 3 N–H and O–H groups in total. The van der Waals surface area contributed by atoms with Crippen LogP contribution in [0.4, 0.5) is 0 Å². The monoisotopic (exact) mass is 405 g/mol. The van der Waals surface area contributed by atoms with Crippen LogP contribution in [0.1, 0.15) is 34.3 Å². The van der Waals surface area contributed by atoms with Crippen molar-refractivity contribution in [1.29, 1.82) is 0 Å². The minimum atomic E-state index is -0.966. The number of likely N-dealkylation sites (tertiary alicyclic amines) is 1. The van der Waals surface area contributed by atoms with Gasteiger partial charge in [0.05, 0.1) is 11.7 Å². The number of rotatable bonds is 7. The molecule has 150 valence electrons. The molecule has 1 saturated heterocycles. The lowest BCUT2D eigenvalue weighted by Crippen LogP contribution is -2.43. The summed E-state index contributed by atoms with van der Waals surface area (Å²) in [4.78, 5) is 12.9. The second kappa shape index (κ2) is 9.39. The van der Waals surface area contributed by atoms with E-state index in [9.17, 15) is 15.0 Å². The normalized spacial score (nSPS) is 16.7. The molecule has 0 aliphatic carbocycles. The van der Waals surface area contributed by atoms with Crippen molar-refractivity contribution >= 4 is 17.6 Å². The molecule has 1 aliphatic heterocycles. The molecule has 2 aromatic carbocycles. The van der Waals surface area contributed by atoms with Gasteiger partial charge in [-0.05, 0) is 54.3 Å². The molecule has 1 atom stereocenters. The average Bonchev–Trinajstić information content (AvgIpc) is 2.68. The van der Waals surface area contributed by atoms with Crippen LogP contribution in [0.25, 0.3) is 0 Å². The second-order valence-corrected chi connectivity index (χ2v) is 7.43. The number of carboxylic acid groups (broad SMARTS) is 1. The van der Waals surface area contributed by atoms with Crippen LogP contribution in [-0.4, -0.2) is 51.6 Å². The molecule has 1 heterocycles. The molecule has 2 aromatic rings. The predicted molar refractivity (Wildman–Crippen MR) is 106 cm³/mol. The maximum atomic E-state index is 10.9. The zero-order valence-corrected chi connectivity index (χ0v) is 16.2. The number of benzene rings is 2. The highest BCUT2D eigenvalue weighted by atomic mass is 35.5. The van der Waals surface area contributed by atoms with E-state index in [1.54, 1.807) is 42.5 Å². The highest BCUT2D eigenvalue weighted by molar-refractivity contribution is 6.30. The number of piperidine rings is 1. The Morgan fingerprint density at radius 3 is 2.50 bits per heavy atom. The van der Waals surface area contributed by atoms with Crippen molar-refractivity contribution in [2.24, 2.45) is 0 Å². The lowest BCUT2D eigenvalue weighted by atomic mass is 10.0. The number of aromatic carboxylic acids is 1. The first-order valence-electron chi connectivity index (χ1n) is 9.26. The molecule has 0 radical (unpaired) electrons. The molecule has 28 heavy (non-hydrogen) atoms. The summed E-state index contributed by atoms with van der Waals surface area (Å²) in [6.07, 6.45) is 0.707. The van der Waals surface area contributed by atoms with Crippen LogP contribution in [-0.2, 0) is 13.0 Å². The number of carbonyl (C=O) groups is 1. The fourth-order valence-corrected chi connectivity index (χ4v) is 3.46. The van der Waals surface area contributed by atoms with Crippen LogP contribution in [0.15, 0.2) is 42.5 Å². The van der Waals surface area contributed by atoms with E-state index in [0.717, 1.165) is 11.1 Å². The summed E-state index contributed by atoms with van der Waals surface area (Å²) in [5.41, 5.74) is 1.87. The number of halogens is 1. The Labute approximate surface area is 168 Å². The highest BCUT2D eigenvalue weighted by Crippen LogP contribution is 2.26. The molecular weight excluding hydrogens is 382 g/mol. The van der Waals surface area contributed by atoms with E-state index in [0.29, 0.717) is 43.1 Å². The SMILES string of the molecule is O=C(O)c1ccc(COc2ccc(Cl)cc2CC(O)N2CCC(O)CC2)cc1. The van der Waals surface area contributed by atoms with E-state index in [1.807, 2.05) is 4.90 Å². The Balaban J connectivity index is 1.65.